The third-order valence-corrected chi connectivity index (χ3v) is 7.68. The van der Waals surface area contributed by atoms with Crippen molar-refractivity contribution < 1.29 is 9.53 Å². The number of thiocarbonyl (C=S) groups is 1. The highest BCUT2D eigenvalue weighted by Crippen LogP contribution is 2.38. The van der Waals surface area contributed by atoms with Gasteiger partial charge in [0.2, 0.25) is 0 Å². The molecule has 0 aliphatic heterocycles. The first-order valence-electron chi connectivity index (χ1n) is 10.0. The van der Waals surface area contributed by atoms with E-state index in [2.05, 4.69) is 15.6 Å². The van der Waals surface area contributed by atoms with Crippen LogP contribution in [0, 0.1) is 0 Å². The Bertz CT molecular complexity index is 864. The molecule has 2 aliphatic rings. The summed E-state index contributed by atoms with van der Waals surface area (Å²) >= 11 is 8.86. The maximum atomic E-state index is 12.7. The Balaban J connectivity index is 1.54. The zero-order valence-corrected chi connectivity index (χ0v) is 18.5. The van der Waals surface area contributed by atoms with E-state index in [1.165, 1.54) is 41.1 Å². The topological polar surface area (TPSA) is 63.2 Å². The number of ether oxygens (including phenoxy) is 1. The summed E-state index contributed by atoms with van der Waals surface area (Å²) in [5.41, 5.74) is 3.03. The number of nitrogens with zero attached hydrogens (tertiary/aromatic N) is 1. The van der Waals surface area contributed by atoms with Gasteiger partial charge in [-0.3, -0.25) is 0 Å². The van der Waals surface area contributed by atoms with Gasteiger partial charge in [-0.2, -0.15) is 0 Å². The lowest BCUT2D eigenvalue weighted by molar-refractivity contribution is 0.0527. The average Bonchev–Trinajstić information content (AvgIpc) is 3.14. The van der Waals surface area contributed by atoms with Crippen LogP contribution in [0.4, 0.5) is 10.1 Å². The second-order valence-corrected chi connectivity index (χ2v) is 9.76. The molecule has 0 unspecified atom stereocenters. The van der Waals surface area contributed by atoms with Gasteiger partial charge in [-0.05, 0) is 76.1 Å². The molecule has 28 heavy (non-hydrogen) atoms. The molecule has 0 bridgehead atoms. The molecule has 0 amide bonds. The fourth-order valence-electron chi connectivity index (χ4n) is 3.89. The van der Waals surface area contributed by atoms with E-state index < -0.39 is 0 Å². The summed E-state index contributed by atoms with van der Waals surface area (Å²) in [6, 6.07) is 0. The number of hydrogen-bond donors (Lipinski definition) is 2. The van der Waals surface area contributed by atoms with Crippen molar-refractivity contribution in [1.82, 2.24) is 4.98 Å². The molecule has 0 atom stereocenters. The van der Waals surface area contributed by atoms with Crippen molar-refractivity contribution in [1.29, 1.82) is 0 Å². The summed E-state index contributed by atoms with van der Waals surface area (Å²) in [6.07, 6.45) is 10.1. The third kappa shape index (κ3) is 4.23. The van der Waals surface area contributed by atoms with Crippen molar-refractivity contribution in [2.24, 2.45) is 0 Å². The number of carbonyl (C=O) groups is 1. The largest absolute Gasteiger partial charge is 0.462 e. The number of thiophene rings is 1. The number of anilines is 2. The van der Waals surface area contributed by atoms with E-state index in [-0.39, 0.29) is 5.97 Å². The van der Waals surface area contributed by atoms with Crippen LogP contribution in [-0.4, -0.2) is 22.7 Å². The molecule has 4 rings (SSSR count). The number of esters is 1. The van der Waals surface area contributed by atoms with Crippen LogP contribution >= 0.6 is 34.9 Å². The standard InChI is InChI=1S/C20H25N3O2S3/c1-2-25-18(24)16-12-8-4-3-5-10-14(12)27-17(16)22-19(26)23-20-21-13-9-6-7-11-15(13)28-20/h2-11H2,1H3,(H2,21,22,23,26). The molecule has 0 saturated carbocycles. The minimum atomic E-state index is -0.253. The first-order chi connectivity index (χ1) is 13.7. The van der Waals surface area contributed by atoms with Gasteiger partial charge in [0.25, 0.3) is 0 Å². The number of fused-ring (bicyclic) bond motifs is 2. The van der Waals surface area contributed by atoms with Crippen LogP contribution in [0.2, 0.25) is 0 Å². The van der Waals surface area contributed by atoms with Gasteiger partial charge >= 0.3 is 5.97 Å². The van der Waals surface area contributed by atoms with Crippen LogP contribution in [0.1, 0.15) is 70.4 Å². The molecule has 0 saturated heterocycles. The van der Waals surface area contributed by atoms with Crippen LogP contribution in [0.15, 0.2) is 0 Å². The van der Waals surface area contributed by atoms with Crippen LogP contribution in [-0.2, 0) is 30.4 Å². The Morgan fingerprint density at radius 3 is 2.61 bits per heavy atom. The normalized spacial score (nSPS) is 15.9. The van der Waals surface area contributed by atoms with E-state index >= 15 is 0 Å². The Kier molecular flexibility index (Phi) is 6.28. The van der Waals surface area contributed by atoms with E-state index in [0.717, 1.165) is 47.8 Å². The molecule has 2 aliphatic carbocycles. The van der Waals surface area contributed by atoms with Crippen molar-refractivity contribution in [3.63, 3.8) is 0 Å². The Hall–Kier alpha value is -1.51. The van der Waals surface area contributed by atoms with Crippen LogP contribution in [0.5, 0.6) is 0 Å². The smallest absolute Gasteiger partial charge is 0.341 e. The van der Waals surface area contributed by atoms with Crippen molar-refractivity contribution in [2.75, 3.05) is 17.2 Å². The molecule has 2 heterocycles. The summed E-state index contributed by atoms with van der Waals surface area (Å²) < 4.78 is 5.34. The second kappa shape index (κ2) is 8.88. The number of rotatable bonds is 4. The van der Waals surface area contributed by atoms with Gasteiger partial charge in [0.15, 0.2) is 10.2 Å². The van der Waals surface area contributed by atoms with Gasteiger partial charge in [0, 0.05) is 9.75 Å². The van der Waals surface area contributed by atoms with E-state index in [4.69, 9.17) is 17.0 Å². The number of carbonyl (C=O) groups excluding carboxylic acids is 1. The van der Waals surface area contributed by atoms with Gasteiger partial charge < -0.3 is 15.4 Å². The lowest BCUT2D eigenvalue weighted by Gasteiger charge is -2.10. The molecule has 0 radical (unpaired) electrons. The number of hydrogen-bond acceptors (Lipinski definition) is 6. The monoisotopic (exact) mass is 435 g/mol. The molecule has 0 aromatic carbocycles. The Morgan fingerprint density at radius 1 is 1.04 bits per heavy atom. The highest BCUT2D eigenvalue weighted by atomic mass is 32.1. The average molecular weight is 436 g/mol. The summed E-state index contributed by atoms with van der Waals surface area (Å²) in [6.45, 7) is 2.21. The molecule has 2 N–H and O–H groups in total. The summed E-state index contributed by atoms with van der Waals surface area (Å²) in [5.74, 6) is -0.253. The highest BCUT2D eigenvalue weighted by Gasteiger charge is 2.26. The molecular formula is C20H25N3O2S3. The maximum Gasteiger partial charge on any atom is 0.341 e. The number of aryl methyl sites for hydroxylation is 3. The fraction of sp³-hybridized carbons (Fsp3) is 0.550. The van der Waals surface area contributed by atoms with Gasteiger partial charge in [-0.25, -0.2) is 9.78 Å². The zero-order chi connectivity index (χ0) is 19.5. The molecule has 0 fully saturated rings. The Morgan fingerprint density at radius 2 is 1.79 bits per heavy atom. The highest BCUT2D eigenvalue weighted by molar-refractivity contribution is 7.80. The lowest BCUT2D eigenvalue weighted by atomic mass is 10.0. The van der Waals surface area contributed by atoms with E-state index in [1.54, 1.807) is 22.7 Å². The van der Waals surface area contributed by atoms with Gasteiger partial charge in [-0.15, -0.1) is 22.7 Å². The molecule has 5 nitrogen and oxygen atoms in total. The van der Waals surface area contributed by atoms with Crippen molar-refractivity contribution in [2.45, 2.75) is 64.7 Å². The van der Waals surface area contributed by atoms with E-state index in [0.29, 0.717) is 17.3 Å². The number of nitrogens with one attached hydrogen (secondary N) is 2. The molecule has 150 valence electrons. The van der Waals surface area contributed by atoms with E-state index in [9.17, 15) is 4.79 Å². The fourth-order valence-corrected chi connectivity index (χ4v) is 6.55. The van der Waals surface area contributed by atoms with Gasteiger partial charge in [-0.1, -0.05) is 6.42 Å². The van der Waals surface area contributed by atoms with Crippen LogP contribution in [0.3, 0.4) is 0 Å². The molecule has 2 aromatic heterocycles. The van der Waals surface area contributed by atoms with Crippen molar-refractivity contribution >= 4 is 56.1 Å². The number of thiazole rings is 1. The summed E-state index contributed by atoms with van der Waals surface area (Å²) in [4.78, 5) is 20.0. The summed E-state index contributed by atoms with van der Waals surface area (Å²) in [5, 5.41) is 8.59. The predicted molar refractivity (Wildman–Crippen MR) is 120 cm³/mol. The third-order valence-electron chi connectivity index (χ3n) is 5.19. The second-order valence-electron chi connectivity index (χ2n) is 7.16. The Labute approximate surface area is 178 Å². The molecule has 0 spiro atoms. The lowest BCUT2D eigenvalue weighted by Crippen LogP contribution is -2.20. The minimum Gasteiger partial charge on any atom is -0.462 e. The predicted octanol–water partition coefficient (Wildman–Crippen LogP) is 5.34. The molecular weight excluding hydrogens is 410 g/mol. The molecule has 8 heteroatoms. The van der Waals surface area contributed by atoms with Crippen molar-refractivity contribution in [3.05, 3.63) is 26.6 Å². The van der Waals surface area contributed by atoms with Crippen LogP contribution < -0.4 is 10.6 Å². The van der Waals surface area contributed by atoms with E-state index in [1.807, 2.05) is 6.92 Å². The quantitative estimate of drug-likeness (QED) is 0.384. The molecule has 2 aromatic rings. The SMILES string of the molecule is CCOC(=O)c1c(NC(=S)Nc2nc3c(s2)CCCC3)sc2c1CCCCC2. The summed E-state index contributed by atoms with van der Waals surface area (Å²) in [7, 11) is 0. The first kappa shape index (κ1) is 19.8. The van der Waals surface area contributed by atoms with Crippen molar-refractivity contribution in [3.8, 4) is 0 Å². The minimum absolute atomic E-state index is 0.253. The maximum absolute atomic E-state index is 12.7. The van der Waals surface area contributed by atoms with Crippen LogP contribution in [0.25, 0.3) is 0 Å². The zero-order valence-electron chi connectivity index (χ0n) is 16.1. The first-order valence-corrected chi connectivity index (χ1v) is 12.1. The van der Waals surface area contributed by atoms with Gasteiger partial charge in [0.05, 0.1) is 17.9 Å². The number of aromatic nitrogens is 1. The van der Waals surface area contributed by atoms with Gasteiger partial charge in [0.1, 0.15) is 5.00 Å².